The highest BCUT2D eigenvalue weighted by atomic mass is 127. The number of benzene rings is 2. The molecule has 2 aromatic rings. The van der Waals surface area contributed by atoms with Crippen LogP contribution in [0.2, 0.25) is 0 Å². The molecule has 0 saturated carbocycles. The summed E-state index contributed by atoms with van der Waals surface area (Å²) in [5.74, 6) is 0.205. The van der Waals surface area contributed by atoms with Gasteiger partial charge < -0.3 is 5.11 Å². The average Bonchev–Trinajstić information content (AvgIpc) is 2.31. The first kappa shape index (κ1) is 13.2. The summed E-state index contributed by atoms with van der Waals surface area (Å²) in [4.78, 5) is 12.0. The average molecular weight is 373 g/mol. The maximum absolute atomic E-state index is 10.6. The zero-order valence-electron chi connectivity index (χ0n) is 9.04. The maximum atomic E-state index is 10.6. The first-order valence-corrected chi connectivity index (χ1v) is 6.86. The van der Waals surface area contributed by atoms with Crippen molar-refractivity contribution in [2.24, 2.45) is 0 Å². The summed E-state index contributed by atoms with van der Waals surface area (Å²) in [5.41, 5.74) is 0.0830. The van der Waals surface area contributed by atoms with Gasteiger partial charge in [-0.2, -0.15) is 0 Å². The number of phenols is 1. The maximum Gasteiger partial charge on any atom is 0.270 e. The van der Waals surface area contributed by atoms with Crippen LogP contribution in [0, 0.1) is 13.7 Å². The largest absolute Gasteiger partial charge is 0.508 e. The topological polar surface area (TPSA) is 63.4 Å². The van der Waals surface area contributed by atoms with Gasteiger partial charge in [-0.1, -0.05) is 17.8 Å². The molecule has 0 saturated heterocycles. The molecule has 0 fully saturated rings. The van der Waals surface area contributed by atoms with Gasteiger partial charge in [-0.15, -0.1) is 0 Å². The predicted molar refractivity (Wildman–Crippen MR) is 78.0 cm³/mol. The Bertz CT molecular complexity index is 604. The molecular formula is C12H8INO3S. The van der Waals surface area contributed by atoms with Crippen LogP contribution in [-0.2, 0) is 0 Å². The fraction of sp³-hybridized carbons (Fsp3) is 0. The Hall–Kier alpha value is -1.28. The van der Waals surface area contributed by atoms with Crippen molar-refractivity contribution >= 4 is 40.0 Å². The minimum atomic E-state index is -0.412. The van der Waals surface area contributed by atoms with Crippen LogP contribution in [0.1, 0.15) is 0 Å². The number of non-ortho nitro benzene ring substituents is 1. The van der Waals surface area contributed by atoms with Gasteiger partial charge in [0.1, 0.15) is 5.75 Å². The second-order valence-electron chi connectivity index (χ2n) is 3.47. The van der Waals surface area contributed by atoms with Crippen LogP contribution in [0.15, 0.2) is 52.3 Å². The molecule has 0 aromatic heterocycles. The van der Waals surface area contributed by atoms with E-state index in [2.05, 4.69) is 22.6 Å². The monoisotopic (exact) mass is 373 g/mol. The first-order chi connectivity index (χ1) is 8.56. The Balaban J connectivity index is 2.27. The van der Waals surface area contributed by atoms with Gasteiger partial charge in [-0.05, 0) is 46.9 Å². The van der Waals surface area contributed by atoms with Crippen molar-refractivity contribution in [2.75, 3.05) is 0 Å². The lowest BCUT2D eigenvalue weighted by molar-refractivity contribution is -0.385. The van der Waals surface area contributed by atoms with Gasteiger partial charge in [-0.25, -0.2) is 0 Å². The minimum absolute atomic E-state index is 0.0830. The van der Waals surface area contributed by atoms with Crippen LogP contribution < -0.4 is 0 Å². The number of aromatic hydroxyl groups is 1. The molecule has 92 valence electrons. The van der Waals surface area contributed by atoms with Crippen molar-refractivity contribution in [1.82, 2.24) is 0 Å². The highest BCUT2D eigenvalue weighted by molar-refractivity contribution is 14.1. The summed E-state index contributed by atoms with van der Waals surface area (Å²) < 4.78 is 0.815. The van der Waals surface area contributed by atoms with E-state index in [4.69, 9.17) is 0 Å². The molecule has 0 radical (unpaired) electrons. The molecule has 0 aliphatic rings. The molecule has 0 aliphatic carbocycles. The van der Waals surface area contributed by atoms with E-state index < -0.39 is 4.92 Å². The first-order valence-electron chi connectivity index (χ1n) is 4.97. The molecule has 1 N–H and O–H groups in total. The number of nitro groups is 1. The standard InChI is InChI=1S/C12H8INO3S/c13-11-6-8(14(16)17)4-5-12(11)18-10-3-1-2-9(15)7-10/h1-7,15H. The third-order valence-corrected chi connectivity index (χ3v) is 4.50. The zero-order valence-corrected chi connectivity index (χ0v) is 12.0. The SMILES string of the molecule is O=[N+]([O-])c1ccc(Sc2cccc(O)c2)c(I)c1. The lowest BCUT2D eigenvalue weighted by Crippen LogP contribution is -1.89. The number of hydrogen-bond acceptors (Lipinski definition) is 4. The summed E-state index contributed by atoms with van der Waals surface area (Å²) >= 11 is 3.53. The Morgan fingerprint density at radius 2 is 2.00 bits per heavy atom. The summed E-state index contributed by atoms with van der Waals surface area (Å²) in [6.45, 7) is 0. The Labute approximate surface area is 121 Å². The Morgan fingerprint density at radius 1 is 1.22 bits per heavy atom. The quantitative estimate of drug-likeness (QED) is 0.501. The van der Waals surface area contributed by atoms with E-state index in [1.165, 1.54) is 23.9 Å². The van der Waals surface area contributed by atoms with Crippen LogP contribution in [-0.4, -0.2) is 10.0 Å². The van der Waals surface area contributed by atoms with Crippen molar-refractivity contribution in [3.05, 3.63) is 56.1 Å². The van der Waals surface area contributed by atoms with Crippen LogP contribution in [0.3, 0.4) is 0 Å². The van der Waals surface area contributed by atoms with E-state index in [0.29, 0.717) is 0 Å². The van der Waals surface area contributed by atoms with Gasteiger partial charge in [0.25, 0.3) is 5.69 Å². The zero-order chi connectivity index (χ0) is 13.1. The van der Waals surface area contributed by atoms with Crippen molar-refractivity contribution in [2.45, 2.75) is 9.79 Å². The van der Waals surface area contributed by atoms with E-state index in [9.17, 15) is 15.2 Å². The van der Waals surface area contributed by atoms with Gasteiger partial charge in [0.15, 0.2) is 0 Å². The molecule has 0 amide bonds. The van der Waals surface area contributed by atoms with Crippen molar-refractivity contribution in [1.29, 1.82) is 0 Å². The van der Waals surface area contributed by atoms with Crippen molar-refractivity contribution in [3.8, 4) is 5.75 Å². The summed E-state index contributed by atoms with van der Waals surface area (Å²) in [7, 11) is 0. The molecular weight excluding hydrogens is 365 g/mol. The molecule has 0 atom stereocenters. The number of rotatable bonds is 3. The molecule has 2 aromatic carbocycles. The van der Waals surface area contributed by atoms with Crippen LogP contribution in [0.5, 0.6) is 5.75 Å². The molecule has 18 heavy (non-hydrogen) atoms. The predicted octanol–water partition coefficient (Wildman–Crippen LogP) is 4.06. The molecule has 2 rings (SSSR count). The van der Waals surface area contributed by atoms with Gasteiger partial charge in [0.2, 0.25) is 0 Å². The highest BCUT2D eigenvalue weighted by Crippen LogP contribution is 2.34. The molecule has 0 bridgehead atoms. The molecule has 0 aliphatic heterocycles. The molecule has 4 nitrogen and oxygen atoms in total. The fourth-order valence-electron chi connectivity index (χ4n) is 1.36. The highest BCUT2D eigenvalue weighted by Gasteiger charge is 2.10. The molecule has 0 heterocycles. The third-order valence-electron chi connectivity index (χ3n) is 2.17. The van der Waals surface area contributed by atoms with Crippen molar-refractivity contribution in [3.63, 3.8) is 0 Å². The number of nitro benzene ring substituents is 1. The summed E-state index contributed by atoms with van der Waals surface area (Å²) in [5, 5.41) is 20.0. The van der Waals surface area contributed by atoms with Gasteiger partial charge >= 0.3 is 0 Å². The Morgan fingerprint density at radius 3 is 2.61 bits per heavy atom. The normalized spacial score (nSPS) is 10.3. The Kier molecular flexibility index (Phi) is 4.07. The van der Waals surface area contributed by atoms with Crippen LogP contribution >= 0.6 is 34.4 Å². The van der Waals surface area contributed by atoms with E-state index >= 15 is 0 Å². The lowest BCUT2D eigenvalue weighted by atomic mass is 10.3. The second-order valence-corrected chi connectivity index (χ2v) is 5.75. The fourth-order valence-corrected chi connectivity index (χ4v) is 3.06. The van der Waals surface area contributed by atoms with Gasteiger partial charge in [0, 0.05) is 25.5 Å². The van der Waals surface area contributed by atoms with E-state index in [-0.39, 0.29) is 11.4 Å². The third kappa shape index (κ3) is 3.14. The van der Waals surface area contributed by atoms with E-state index in [1.807, 2.05) is 6.07 Å². The number of phenolic OH excluding ortho intramolecular Hbond substituents is 1. The number of halogens is 1. The smallest absolute Gasteiger partial charge is 0.270 e. The molecule has 0 spiro atoms. The summed E-state index contributed by atoms with van der Waals surface area (Å²) in [6, 6.07) is 11.6. The number of hydrogen-bond donors (Lipinski definition) is 1. The minimum Gasteiger partial charge on any atom is -0.508 e. The van der Waals surface area contributed by atoms with Crippen LogP contribution in [0.25, 0.3) is 0 Å². The van der Waals surface area contributed by atoms with E-state index in [0.717, 1.165) is 13.4 Å². The second kappa shape index (κ2) is 5.57. The number of nitrogens with zero attached hydrogens (tertiary/aromatic N) is 1. The molecule has 0 unspecified atom stereocenters. The lowest BCUT2D eigenvalue weighted by Gasteiger charge is -2.04. The summed E-state index contributed by atoms with van der Waals surface area (Å²) in [6.07, 6.45) is 0. The van der Waals surface area contributed by atoms with Gasteiger partial charge in [0.05, 0.1) is 4.92 Å². The molecule has 6 heteroatoms. The van der Waals surface area contributed by atoms with Crippen molar-refractivity contribution < 1.29 is 10.0 Å². The van der Waals surface area contributed by atoms with E-state index in [1.54, 1.807) is 24.3 Å². The van der Waals surface area contributed by atoms with Gasteiger partial charge in [-0.3, -0.25) is 10.1 Å². The van der Waals surface area contributed by atoms with Crippen LogP contribution in [0.4, 0.5) is 5.69 Å².